The van der Waals surface area contributed by atoms with E-state index in [0.717, 1.165) is 25.7 Å². The number of rotatable bonds is 8. The highest BCUT2D eigenvalue weighted by atomic mass is 32.2. The number of carboxylic acid groups (broad SMARTS) is 1. The lowest BCUT2D eigenvalue weighted by Gasteiger charge is -2.24. The molecule has 0 aromatic carbocycles. The Labute approximate surface area is 122 Å². The molecule has 2 unspecified atom stereocenters. The van der Waals surface area contributed by atoms with Crippen LogP contribution < -0.4 is 0 Å². The third kappa shape index (κ3) is 6.03. The Hall–Kier alpha value is -0.910. The van der Waals surface area contributed by atoms with Crippen LogP contribution in [0.4, 0.5) is 0 Å². The Morgan fingerprint density at radius 3 is 2.50 bits per heavy atom. The molecule has 1 rings (SSSR count). The van der Waals surface area contributed by atoms with Crippen molar-refractivity contribution in [3.05, 3.63) is 0 Å². The minimum absolute atomic E-state index is 0.0140. The molecule has 0 aliphatic heterocycles. The monoisotopic (exact) mass is 304 g/mol. The first-order valence-electron chi connectivity index (χ1n) is 7.34. The van der Waals surface area contributed by atoms with Crippen molar-refractivity contribution in [2.24, 2.45) is 0 Å². The molecule has 1 aliphatic carbocycles. The number of aliphatic carboxylic acids is 1. The molecule has 0 saturated heterocycles. The standard InChI is InChI=1S/C14H24O5S/c1-2-12(20(18)10-6-9-13(15)16)14(17)19-11-7-4-3-5-8-11/h11-12H,2-10H2,1H3,(H,15,16). The van der Waals surface area contributed by atoms with Gasteiger partial charge in [0, 0.05) is 23.0 Å². The summed E-state index contributed by atoms with van der Waals surface area (Å²) >= 11 is 0. The Kier molecular flexibility index (Phi) is 7.80. The third-order valence-electron chi connectivity index (χ3n) is 3.52. The highest BCUT2D eigenvalue weighted by molar-refractivity contribution is 7.86. The van der Waals surface area contributed by atoms with Gasteiger partial charge >= 0.3 is 11.9 Å². The van der Waals surface area contributed by atoms with E-state index in [1.54, 1.807) is 0 Å². The molecule has 1 fully saturated rings. The molecule has 0 radical (unpaired) electrons. The van der Waals surface area contributed by atoms with Crippen molar-refractivity contribution >= 4 is 22.7 Å². The molecule has 0 heterocycles. The molecule has 0 spiro atoms. The fourth-order valence-electron chi connectivity index (χ4n) is 2.39. The molecule has 0 aromatic heterocycles. The Morgan fingerprint density at radius 2 is 1.95 bits per heavy atom. The molecular formula is C14H24O5S. The first-order chi connectivity index (χ1) is 9.54. The van der Waals surface area contributed by atoms with Crippen LogP contribution in [0.2, 0.25) is 0 Å². The van der Waals surface area contributed by atoms with Crippen LogP contribution in [-0.4, -0.2) is 38.4 Å². The summed E-state index contributed by atoms with van der Waals surface area (Å²) in [5.74, 6) is -1.04. The SMILES string of the molecule is CCC(C(=O)OC1CCCCC1)S(=O)CCCC(=O)O. The fraction of sp³-hybridized carbons (Fsp3) is 0.857. The van der Waals surface area contributed by atoms with Gasteiger partial charge in [0.25, 0.3) is 0 Å². The molecular weight excluding hydrogens is 280 g/mol. The van der Waals surface area contributed by atoms with Gasteiger partial charge in [-0.1, -0.05) is 13.3 Å². The number of hydrogen-bond acceptors (Lipinski definition) is 4. The van der Waals surface area contributed by atoms with Gasteiger partial charge in [0.15, 0.2) is 0 Å². The molecule has 2 atom stereocenters. The van der Waals surface area contributed by atoms with E-state index in [0.29, 0.717) is 12.8 Å². The van der Waals surface area contributed by atoms with Crippen molar-refractivity contribution < 1.29 is 23.6 Å². The molecule has 0 aromatic rings. The van der Waals surface area contributed by atoms with E-state index in [9.17, 15) is 13.8 Å². The summed E-state index contributed by atoms with van der Waals surface area (Å²) in [6, 6.07) is 0. The summed E-state index contributed by atoms with van der Waals surface area (Å²) in [6.45, 7) is 1.81. The summed E-state index contributed by atoms with van der Waals surface area (Å²) < 4.78 is 17.5. The van der Waals surface area contributed by atoms with Crippen molar-refractivity contribution in [3.8, 4) is 0 Å². The fourth-order valence-corrected chi connectivity index (χ4v) is 3.75. The number of carboxylic acids is 1. The van der Waals surface area contributed by atoms with Crippen LogP contribution in [0.15, 0.2) is 0 Å². The zero-order valence-corrected chi connectivity index (χ0v) is 12.8. The van der Waals surface area contributed by atoms with Gasteiger partial charge < -0.3 is 9.84 Å². The average molecular weight is 304 g/mol. The smallest absolute Gasteiger partial charge is 0.321 e. The van der Waals surface area contributed by atoms with Gasteiger partial charge in [-0.15, -0.1) is 0 Å². The summed E-state index contributed by atoms with van der Waals surface area (Å²) in [5, 5.41) is 7.94. The van der Waals surface area contributed by atoms with Crippen LogP contribution >= 0.6 is 0 Å². The topological polar surface area (TPSA) is 80.7 Å². The third-order valence-corrected chi connectivity index (χ3v) is 5.37. The van der Waals surface area contributed by atoms with Crippen LogP contribution in [0.5, 0.6) is 0 Å². The van der Waals surface area contributed by atoms with Gasteiger partial charge in [-0.2, -0.15) is 0 Å². The second-order valence-electron chi connectivity index (χ2n) is 5.18. The summed E-state index contributed by atoms with van der Waals surface area (Å²) in [6.07, 6.45) is 5.89. The molecule has 20 heavy (non-hydrogen) atoms. The summed E-state index contributed by atoms with van der Waals surface area (Å²) in [5.41, 5.74) is 0. The largest absolute Gasteiger partial charge is 0.481 e. The maximum absolute atomic E-state index is 12.1. The van der Waals surface area contributed by atoms with E-state index in [2.05, 4.69) is 0 Å². The number of ether oxygens (including phenoxy) is 1. The van der Waals surface area contributed by atoms with Gasteiger partial charge in [-0.05, 0) is 38.5 Å². The van der Waals surface area contributed by atoms with Crippen molar-refractivity contribution in [3.63, 3.8) is 0 Å². The van der Waals surface area contributed by atoms with Crippen LogP contribution in [0.25, 0.3) is 0 Å². The lowest BCUT2D eigenvalue weighted by molar-refractivity contribution is -0.150. The van der Waals surface area contributed by atoms with Crippen molar-refractivity contribution in [1.29, 1.82) is 0 Å². The molecule has 5 nitrogen and oxygen atoms in total. The van der Waals surface area contributed by atoms with Crippen LogP contribution in [0, 0.1) is 0 Å². The quantitative estimate of drug-likeness (QED) is 0.696. The van der Waals surface area contributed by atoms with Gasteiger partial charge in [0.05, 0.1) is 0 Å². The molecule has 6 heteroatoms. The maximum atomic E-state index is 12.1. The normalized spacial score (nSPS) is 19.2. The molecule has 0 amide bonds. The van der Waals surface area contributed by atoms with Gasteiger partial charge in [0.2, 0.25) is 0 Å². The van der Waals surface area contributed by atoms with Crippen LogP contribution in [0.3, 0.4) is 0 Å². The molecule has 1 N–H and O–H groups in total. The number of carbonyl (C=O) groups is 2. The predicted molar refractivity (Wildman–Crippen MR) is 76.9 cm³/mol. The van der Waals surface area contributed by atoms with E-state index in [4.69, 9.17) is 9.84 Å². The van der Waals surface area contributed by atoms with E-state index >= 15 is 0 Å². The average Bonchev–Trinajstić information content (AvgIpc) is 2.40. The zero-order chi connectivity index (χ0) is 15.0. The van der Waals surface area contributed by atoms with E-state index in [1.165, 1.54) is 6.42 Å². The van der Waals surface area contributed by atoms with E-state index < -0.39 is 22.0 Å². The number of hydrogen-bond donors (Lipinski definition) is 1. The number of esters is 1. The van der Waals surface area contributed by atoms with E-state index in [1.807, 2.05) is 6.92 Å². The highest BCUT2D eigenvalue weighted by Crippen LogP contribution is 2.21. The lowest BCUT2D eigenvalue weighted by Crippen LogP contribution is -2.33. The predicted octanol–water partition coefficient (Wildman–Crippen LogP) is 2.25. The molecule has 116 valence electrons. The summed E-state index contributed by atoms with van der Waals surface area (Å²) in [7, 11) is -1.35. The van der Waals surface area contributed by atoms with Crippen molar-refractivity contribution in [2.75, 3.05) is 5.75 Å². The van der Waals surface area contributed by atoms with E-state index in [-0.39, 0.29) is 24.2 Å². The molecule has 0 bridgehead atoms. The van der Waals surface area contributed by atoms with Crippen LogP contribution in [-0.2, 0) is 25.1 Å². The molecule has 1 aliphatic rings. The minimum Gasteiger partial charge on any atom is -0.481 e. The van der Waals surface area contributed by atoms with Crippen molar-refractivity contribution in [2.45, 2.75) is 69.6 Å². The van der Waals surface area contributed by atoms with Gasteiger partial charge in [-0.25, -0.2) is 0 Å². The number of carbonyl (C=O) groups excluding carboxylic acids is 1. The van der Waals surface area contributed by atoms with Gasteiger partial charge in [-0.3, -0.25) is 13.8 Å². The second kappa shape index (κ2) is 9.10. The Morgan fingerprint density at radius 1 is 1.30 bits per heavy atom. The van der Waals surface area contributed by atoms with Gasteiger partial charge in [0.1, 0.15) is 11.4 Å². The summed E-state index contributed by atoms with van der Waals surface area (Å²) in [4.78, 5) is 22.5. The van der Waals surface area contributed by atoms with Crippen LogP contribution in [0.1, 0.15) is 58.3 Å². The lowest BCUT2D eigenvalue weighted by atomic mass is 9.98. The Balaban J connectivity index is 2.40. The zero-order valence-electron chi connectivity index (χ0n) is 12.0. The Bertz CT molecular complexity index is 349. The second-order valence-corrected chi connectivity index (χ2v) is 6.91. The van der Waals surface area contributed by atoms with Crippen molar-refractivity contribution in [1.82, 2.24) is 0 Å². The minimum atomic E-state index is -1.35. The first-order valence-corrected chi connectivity index (χ1v) is 8.72. The highest BCUT2D eigenvalue weighted by Gasteiger charge is 2.27. The first kappa shape index (κ1) is 17.1. The molecule has 1 saturated carbocycles. The maximum Gasteiger partial charge on any atom is 0.321 e.